The molecule has 2 fully saturated rings. The van der Waals surface area contributed by atoms with Crippen molar-refractivity contribution in [3.63, 3.8) is 0 Å². The summed E-state index contributed by atoms with van der Waals surface area (Å²) in [6.07, 6.45) is 8.26. The van der Waals surface area contributed by atoms with Crippen LogP contribution in [0.4, 0.5) is 4.39 Å². The van der Waals surface area contributed by atoms with Gasteiger partial charge in [0, 0.05) is 54.1 Å². The Labute approximate surface area is 250 Å². The minimum Gasteiger partial charge on any atom is -0.457 e. The monoisotopic (exact) mass is 581 g/mol. The van der Waals surface area contributed by atoms with Gasteiger partial charge in [-0.3, -0.25) is 9.59 Å². The number of benzene rings is 2. The van der Waals surface area contributed by atoms with Crippen LogP contribution in [-0.2, 0) is 6.54 Å². The number of rotatable bonds is 8. The summed E-state index contributed by atoms with van der Waals surface area (Å²) in [6.45, 7) is 3.99. The maximum Gasteiger partial charge on any atom is 0.251 e. The number of carbonyl (C=O) groups is 1. The van der Waals surface area contributed by atoms with E-state index in [0.29, 0.717) is 28.7 Å². The third-order valence-electron chi connectivity index (χ3n) is 8.50. The fraction of sp³-hybridized carbons (Fsp3) is 0.353. The van der Waals surface area contributed by atoms with E-state index in [0.717, 1.165) is 48.9 Å². The number of nitrogens with zero attached hydrogens (tertiary/aromatic N) is 4. The predicted octanol–water partition coefficient (Wildman–Crippen LogP) is 5.73. The molecule has 1 amide bonds. The molecule has 4 aromatic rings. The van der Waals surface area contributed by atoms with Crippen LogP contribution in [-0.4, -0.2) is 50.7 Å². The summed E-state index contributed by atoms with van der Waals surface area (Å²) in [7, 11) is 0. The Kier molecular flexibility index (Phi) is 8.60. The van der Waals surface area contributed by atoms with Crippen molar-refractivity contribution in [1.82, 2.24) is 25.0 Å². The Morgan fingerprint density at radius 1 is 0.953 bits per heavy atom. The lowest BCUT2D eigenvalue weighted by atomic mass is 10.0. The van der Waals surface area contributed by atoms with E-state index >= 15 is 0 Å². The highest BCUT2D eigenvalue weighted by Gasteiger charge is 2.28. The van der Waals surface area contributed by atoms with Gasteiger partial charge in [-0.2, -0.15) is 10.2 Å². The second-order valence-electron chi connectivity index (χ2n) is 11.5. The zero-order valence-electron chi connectivity index (χ0n) is 24.3. The molecule has 8 nitrogen and oxygen atoms in total. The van der Waals surface area contributed by atoms with Crippen molar-refractivity contribution in [3.8, 4) is 22.8 Å². The van der Waals surface area contributed by atoms with E-state index in [1.165, 1.54) is 42.5 Å². The van der Waals surface area contributed by atoms with Crippen molar-refractivity contribution < 1.29 is 13.9 Å². The van der Waals surface area contributed by atoms with Gasteiger partial charge in [0.05, 0.1) is 17.9 Å². The zero-order chi connectivity index (χ0) is 29.8. The largest absolute Gasteiger partial charge is 0.457 e. The molecule has 2 aromatic carbocycles. The van der Waals surface area contributed by atoms with Crippen LogP contribution >= 0.6 is 0 Å². The van der Waals surface area contributed by atoms with E-state index in [4.69, 9.17) is 4.74 Å². The number of likely N-dealkylation sites (tertiary alicyclic amines) is 1. The highest BCUT2D eigenvalue weighted by molar-refractivity contribution is 5.95. The van der Waals surface area contributed by atoms with Gasteiger partial charge in [0.25, 0.3) is 11.5 Å². The molecule has 1 aliphatic heterocycles. The van der Waals surface area contributed by atoms with Gasteiger partial charge in [0.15, 0.2) is 0 Å². The molecule has 222 valence electrons. The summed E-state index contributed by atoms with van der Waals surface area (Å²) in [5.41, 5.74) is 3.25. The van der Waals surface area contributed by atoms with E-state index in [1.807, 2.05) is 43.3 Å². The number of nitrogens with one attached hydrogen (secondary N) is 1. The topological polar surface area (TPSA) is 89.4 Å². The lowest BCUT2D eigenvalue weighted by molar-refractivity contribution is 0.0892. The van der Waals surface area contributed by atoms with Gasteiger partial charge in [-0.1, -0.05) is 18.9 Å². The molecule has 1 N–H and O–H groups in total. The van der Waals surface area contributed by atoms with Crippen molar-refractivity contribution in [1.29, 1.82) is 0 Å². The van der Waals surface area contributed by atoms with E-state index in [9.17, 15) is 14.0 Å². The Bertz CT molecular complexity index is 1620. The SMILES string of the molecule is Cc1ccc(-c2ccc(Oc3cc(C(=O)NC4CCN(C5CCCC5)CC4)ccc3Cn3cc(F)ccc3=O)cc2)nn1. The van der Waals surface area contributed by atoms with Gasteiger partial charge in [-0.25, -0.2) is 4.39 Å². The van der Waals surface area contributed by atoms with Crippen molar-refractivity contribution in [2.75, 3.05) is 13.1 Å². The van der Waals surface area contributed by atoms with Crippen molar-refractivity contribution in [2.24, 2.45) is 0 Å². The second kappa shape index (κ2) is 12.9. The Morgan fingerprint density at radius 2 is 1.72 bits per heavy atom. The number of hydrogen-bond donors (Lipinski definition) is 1. The van der Waals surface area contributed by atoms with Crippen LogP contribution in [0.2, 0.25) is 0 Å². The van der Waals surface area contributed by atoms with Gasteiger partial charge < -0.3 is 19.5 Å². The molecule has 0 spiro atoms. The molecule has 0 atom stereocenters. The smallest absolute Gasteiger partial charge is 0.251 e. The number of hydrogen-bond acceptors (Lipinski definition) is 6. The first-order valence-electron chi connectivity index (χ1n) is 15.0. The molecule has 1 aliphatic carbocycles. The minimum absolute atomic E-state index is 0.0878. The predicted molar refractivity (Wildman–Crippen MR) is 163 cm³/mol. The molecule has 43 heavy (non-hydrogen) atoms. The average molecular weight is 582 g/mol. The number of piperidine rings is 1. The number of halogens is 1. The van der Waals surface area contributed by atoms with Gasteiger partial charge in [0.1, 0.15) is 17.3 Å². The van der Waals surface area contributed by atoms with Crippen LogP contribution in [0.25, 0.3) is 11.3 Å². The van der Waals surface area contributed by atoms with Crippen molar-refractivity contribution in [2.45, 2.75) is 64.1 Å². The number of amides is 1. The van der Waals surface area contributed by atoms with Crippen molar-refractivity contribution >= 4 is 5.91 Å². The molecule has 2 aromatic heterocycles. The van der Waals surface area contributed by atoms with Crippen LogP contribution < -0.4 is 15.6 Å². The molecule has 0 bridgehead atoms. The molecule has 9 heteroatoms. The fourth-order valence-corrected chi connectivity index (χ4v) is 6.05. The lowest BCUT2D eigenvalue weighted by Crippen LogP contribution is -2.47. The highest BCUT2D eigenvalue weighted by atomic mass is 19.1. The summed E-state index contributed by atoms with van der Waals surface area (Å²) >= 11 is 0. The third-order valence-corrected chi connectivity index (χ3v) is 8.50. The van der Waals surface area contributed by atoms with Crippen LogP contribution in [0, 0.1) is 12.7 Å². The third kappa shape index (κ3) is 7.00. The quantitative estimate of drug-likeness (QED) is 0.286. The first-order valence-corrected chi connectivity index (χ1v) is 15.0. The Hall–Kier alpha value is -4.37. The number of pyridine rings is 1. The van der Waals surface area contributed by atoms with Gasteiger partial charge >= 0.3 is 0 Å². The first-order chi connectivity index (χ1) is 20.9. The molecule has 0 unspecified atom stereocenters. The molecule has 6 rings (SSSR count). The van der Waals surface area contributed by atoms with Gasteiger partial charge in [0.2, 0.25) is 0 Å². The maximum absolute atomic E-state index is 13.9. The summed E-state index contributed by atoms with van der Waals surface area (Å²) in [5, 5.41) is 11.6. The molecular weight excluding hydrogens is 545 g/mol. The fourth-order valence-electron chi connectivity index (χ4n) is 6.05. The number of aryl methyl sites for hydroxylation is 1. The van der Waals surface area contributed by atoms with Crippen LogP contribution in [0.5, 0.6) is 11.5 Å². The van der Waals surface area contributed by atoms with E-state index < -0.39 is 5.82 Å². The molecular formula is C34H36FN5O3. The van der Waals surface area contributed by atoms with Gasteiger partial charge in [-0.15, -0.1) is 0 Å². The first kappa shape index (κ1) is 28.7. The standard InChI is InChI=1S/C34H36FN5O3/c1-23-6-14-31(38-37-23)24-9-12-30(13-10-24)43-32-20-25(7-8-26(32)21-40-22-27(35)11-15-33(40)41)34(42)36-28-16-18-39(19-17-28)29-4-2-3-5-29/h6-15,20,22,28-29H,2-5,16-19,21H2,1H3,(H,36,42). The Morgan fingerprint density at radius 3 is 2.44 bits per heavy atom. The maximum atomic E-state index is 13.9. The van der Waals surface area contributed by atoms with Crippen LogP contribution in [0.15, 0.2) is 77.7 Å². The van der Waals surface area contributed by atoms with E-state index in [-0.39, 0.29) is 24.1 Å². The van der Waals surface area contributed by atoms with Gasteiger partial charge in [-0.05, 0) is 87.2 Å². The average Bonchev–Trinajstić information content (AvgIpc) is 3.56. The zero-order valence-corrected chi connectivity index (χ0v) is 24.3. The normalized spacial score (nSPS) is 16.3. The minimum atomic E-state index is -0.508. The molecule has 1 saturated heterocycles. The summed E-state index contributed by atoms with van der Waals surface area (Å²) < 4.78 is 21.5. The summed E-state index contributed by atoms with van der Waals surface area (Å²) in [4.78, 5) is 28.4. The second-order valence-corrected chi connectivity index (χ2v) is 11.5. The summed E-state index contributed by atoms with van der Waals surface area (Å²) in [5.74, 6) is 0.301. The summed E-state index contributed by atoms with van der Waals surface area (Å²) in [6, 6.07) is 19.6. The molecule has 2 aliphatic rings. The Balaban J connectivity index is 1.20. The molecule has 0 radical (unpaired) electrons. The number of aromatic nitrogens is 3. The van der Waals surface area contributed by atoms with Crippen LogP contribution in [0.1, 0.15) is 60.1 Å². The number of carbonyl (C=O) groups excluding carboxylic acids is 1. The van der Waals surface area contributed by atoms with E-state index in [2.05, 4.69) is 20.4 Å². The molecule has 1 saturated carbocycles. The number of ether oxygens (including phenoxy) is 1. The molecule has 3 heterocycles. The van der Waals surface area contributed by atoms with Crippen LogP contribution in [0.3, 0.4) is 0 Å². The highest BCUT2D eigenvalue weighted by Crippen LogP contribution is 2.30. The van der Waals surface area contributed by atoms with Crippen molar-refractivity contribution in [3.05, 3.63) is 106 Å². The lowest BCUT2D eigenvalue weighted by Gasteiger charge is -2.36. The van der Waals surface area contributed by atoms with E-state index in [1.54, 1.807) is 18.2 Å².